The summed E-state index contributed by atoms with van der Waals surface area (Å²) in [5.74, 6) is 0.109. The molecule has 0 heterocycles. The van der Waals surface area contributed by atoms with Crippen LogP contribution in [-0.2, 0) is 4.79 Å². The Bertz CT molecular complexity index is 911. The SMILES string of the molecule is CC(C)Oc1cccc(C(=O)NC(=S)NNC(=O)COc2ccc(Cl)cc2Br)c1. The summed E-state index contributed by atoms with van der Waals surface area (Å²) in [4.78, 5) is 24.1. The first-order valence-electron chi connectivity index (χ1n) is 8.49. The minimum Gasteiger partial charge on any atom is -0.491 e. The first kappa shape index (κ1) is 22.9. The van der Waals surface area contributed by atoms with Gasteiger partial charge < -0.3 is 9.47 Å². The average Bonchev–Trinajstić information content (AvgIpc) is 2.65. The number of hydrogen-bond acceptors (Lipinski definition) is 5. The van der Waals surface area contributed by atoms with Crippen molar-refractivity contribution < 1.29 is 19.1 Å². The lowest BCUT2D eigenvalue weighted by molar-refractivity contribution is -0.123. The van der Waals surface area contributed by atoms with Crippen LogP contribution < -0.4 is 25.6 Å². The topological polar surface area (TPSA) is 88.7 Å². The highest BCUT2D eigenvalue weighted by atomic mass is 79.9. The van der Waals surface area contributed by atoms with Gasteiger partial charge >= 0.3 is 0 Å². The number of hydrazine groups is 1. The molecule has 29 heavy (non-hydrogen) atoms. The maximum Gasteiger partial charge on any atom is 0.276 e. The van der Waals surface area contributed by atoms with Gasteiger partial charge in [0.05, 0.1) is 10.6 Å². The molecular weight excluding hydrogens is 482 g/mol. The number of carbonyl (C=O) groups is 2. The molecule has 2 rings (SSSR count). The molecule has 0 atom stereocenters. The predicted octanol–water partition coefficient (Wildman–Crippen LogP) is 3.60. The normalized spacial score (nSPS) is 10.2. The molecule has 0 aliphatic rings. The van der Waals surface area contributed by atoms with Gasteiger partial charge in [-0.15, -0.1) is 0 Å². The predicted molar refractivity (Wildman–Crippen MR) is 118 cm³/mol. The minimum atomic E-state index is -0.490. The van der Waals surface area contributed by atoms with Crippen LogP contribution >= 0.6 is 39.7 Å². The van der Waals surface area contributed by atoms with E-state index >= 15 is 0 Å². The van der Waals surface area contributed by atoms with Gasteiger partial charge in [-0.1, -0.05) is 17.7 Å². The Morgan fingerprint density at radius 1 is 1.17 bits per heavy atom. The van der Waals surface area contributed by atoms with Crippen molar-refractivity contribution in [1.29, 1.82) is 0 Å². The Hall–Kier alpha value is -2.36. The molecule has 0 unspecified atom stereocenters. The Labute approximate surface area is 187 Å². The number of halogens is 2. The summed E-state index contributed by atoms with van der Waals surface area (Å²) in [6, 6.07) is 11.6. The summed E-state index contributed by atoms with van der Waals surface area (Å²) in [7, 11) is 0. The van der Waals surface area contributed by atoms with E-state index < -0.39 is 11.8 Å². The van der Waals surface area contributed by atoms with Crippen LogP contribution in [0.4, 0.5) is 0 Å². The summed E-state index contributed by atoms with van der Waals surface area (Å²) in [6.45, 7) is 3.52. The number of ether oxygens (including phenoxy) is 2. The molecule has 7 nitrogen and oxygen atoms in total. The Balaban J connectivity index is 1.78. The lowest BCUT2D eigenvalue weighted by Crippen LogP contribution is -2.49. The highest BCUT2D eigenvalue weighted by Gasteiger charge is 2.11. The molecule has 0 aliphatic carbocycles. The van der Waals surface area contributed by atoms with Gasteiger partial charge in [-0.2, -0.15) is 0 Å². The van der Waals surface area contributed by atoms with Gasteiger partial charge in [0.15, 0.2) is 11.7 Å². The van der Waals surface area contributed by atoms with Gasteiger partial charge in [0.2, 0.25) is 0 Å². The number of hydrogen-bond donors (Lipinski definition) is 3. The van der Waals surface area contributed by atoms with Crippen molar-refractivity contribution in [2.75, 3.05) is 6.61 Å². The van der Waals surface area contributed by atoms with Crippen LogP contribution in [0.25, 0.3) is 0 Å². The molecule has 154 valence electrons. The van der Waals surface area contributed by atoms with Crippen LogP contribution in [0.2, 0.25) is 5.02 Å². The molecule has 0 spiro atoms. The molecule has 0 saturated heterocycles. The van der Waals surface area contributed by atoms with Crippen molar-refractivity contribution in [1.82, 2.24) is 16.2 Å². The molecule has 0 aromatic heterocycles. The third kappa shape index (κ3) is 7.88. The summed E-state index contributed by atoms with van der Waals surface area (Å²) >= 11 is 14.2. The van der Waals surface area contributed by atoms with Crippen molar-refractivity contribution in [2.45, 2.75) is 20.0 Å². The van der Waals surface area contributed by atoms with Crippen LogP contribution in [0.1, 0.15) is 24.2 Å². The second-order valence-corrected chi connectivity index (χ2v) is 7.71. The average molecular weight is 501 g/mol. The number of benzene rings is 2. The molecule has 0 bridgehead atoms. The van der Waals surface area contributed by atoms with Gasteiger partial charge in [-0.05, 0) is 78.4 Å². The zero-order valence-corrected chi connectivity index (χ0v) is 18.8. The molecule has 0 aliphatic heterocycles. The first-order valence-corrected chi connectivity index (χ1v) is 10.1. The number of thiocarbonyl (C=S) groups is 1. The van der Waals surface area contributed by atoms with E-state index in [9.17, 15) is 9.59 Å². The fourth-order valence-corrected chi connectivity index (χ4v) is 3.03. The summed E-state index contributed by atoms with van der Waals surface area (Å²) in [5, 5.41) is 2.95. The summed E-state index contributed by atoms with van der Waals surface area (Å²) < 4.78 is 11.6. The molecule has 10 heteroatoms. The second kappa shape index (κ2) is 11.0. The second-order valence-electron chi connectivity index (χ2n) is 6.01. The molecule has 0 saturated carbocycles. The monoisotopic (exact) mass is 499 g/mol. The smallest absolute Gasteiger partial charge is 0.276 e. The standard InChI is InChI=1S/C19H19BrClN3O4S/c1-11(2)28-14-5-3-4-12(8-14)18(26)22-19(29)24-23-17(25)10-27-16-7-6-13(21)9-15(16)20/h3-9,11H,10H2,1-2H3,(H,23,25)(H2,22,24,26,29). The van der Waals surface area contributed by atoms with Gasteiger partial charge in [-0.3, -0.25) is 25.8 Å². The van der Waals surface area contributed by atoms with Gasteiger partial charge in [0.25, 0.3) is 11.8 Å². The lowest BCUT2D eigenvalue weighted by atomic mass is 10.2. The third-order valence-corrected chi connectivity index (χ3v) is 4.32. The molecule has 3 N–H and O–H groups in total. The molecule has 2 aromatic carbocycles. The summed E-state index contributed by atoms with van der Waals surface area (Å²) in [5.41, 5.74) is 5.16. The largest absolute Gasteiger partial charge is 0.491 e. The Morgan fingerprint density at radius 2 is 1.93 bits per heavy atom. The maximum atomic E-state index is 12.3. The van der Waals surface area contributed by atoms with E-state index in [1.54, 1.807) is 42.5 Å². The van der Waals surface area contributed by atoms with Crippen LogP contribution in [0.5, 0.6) is 11.5 Å². The number of carbonyl (C=O) groups excluding carboxylic acids is 2. The third-order valence-electron chi connectivity index (χ3n) is 3.26. The van der Waals surface area contributed by atoms with E-state index in [0.717, 1.165) is 0 Å². The molecular formula is C19H19BrClN3O4S. The van der Waals surface area contributed by atoms with Crippen LogP contribution in [0.3, 0.4) is 0 Å². The van der Waals surface area contributed by atoms with Crippen molar-refractivity contribution in [2.24, 2.45) is 0 Å². The van der Waals surface area contributed by atoms with Crippen LogP contribution in [0.15, 0.2) is 46.9 Å². The van der Waals surface area contributed by atoms with E-state index in [4.69, 9.17) is 33.3 Å². The zero-order chi connectivity index (χ0) is 21.4. The molecule has 2 aromatic rings. The Morgan fingerprint density at radius 3 is 2.62 bits per heavy atom. The van der Waals surface area contributed by atoms with E-state index in [1.807, 2.05) is 13.8 Å². The Kier molecular flexibility index (Phi) is 8.69. The van der Waals surface area contributed by atoms with Crippen molar-refractivity contribution in [3.63, 3.8) is 0 Å². The zero-order valence-electron chi connectivity index (χ0n) is 15.6. The van der Waals surface area contributed by atoms with Crippen LogP contribution in [0, 0.1) is 0 Å². The number of amides is 2. The van der Waals surface area contributed by atoms with Crippen LogP contribution in [-0.4, -0.2) is 29.6 Å². The lowest BCUT2D eigenvalue weighted by Gasteiger charge is -2.13. The molecule has 0 radical (unpaired) electrons. The highest BCUT2D eigenvalue weighted by molar-refractivity contribution is 9.10. The van der Waals surface area contributed by atoms with E-state index in [1.165, 1.54) is 0 Å². The van der Waals surface area contributed by atoms with Crippen molar-refractivity contribution in [3.05, 3.63) is 57.5 Å². The van der Waals surface area contributed by atoms with Crippen molar-refractivity contribution >= 4 is 56.7 Å². The fraction of sp³-hybridized carbons (Fsp3) is 0.211. The minimum absolute atomic E-state index is 0.0121. The van der Waals surface area contributed by atoms with E-state index in [-0.39, 0.29) is 17.8 Å². The van der Waals surface area contributed by atoms with E-state index in [0.29, 0.717) is 26.6 Å². The molecule has 0 fully saturated rings. The quantitative estimate of drug-likeness (QED) is 0.415. The maximum absolute atomic E-state index is 12.3. The van der Waals surface area contributed by atoms with Gasteiger partial charge in [0.1, 0.15) is 11.5 Å². The van der Waals surface area contributed by atoms with E-state index in [2.05, 4.69) is 32.1 Å². The van der Waals surface area contributed by atoms with Gasteiger partial charge in [0, 0.05) is 10.6 Å². The summed E-state index contributed by atoms with van der Waals surface area (Å²) in [6.07, 6.45) is -0.0121. The number of rotatable bonds is 6. The number of nitrogens with one attached hydrogen (secondary N) is 3. The highest BCUT2D eigenvalue weighted by Crippen LogP contribution is 2.27. The first-order chi connectivity index (χ1) is 13.7. The fourth-order valence-electron chi connectivity index (χ4n) is 2.09. The molecule has 2 amide bonds. The van der Waals surface area contributed by atoms with Gasteiger partial charge in [-0.25, -0.2) is 0 Å². The van der Waals surface area contributed by atoms with Crippen molar-refractivity contribution in [3.8, 4) is 11.5 Å².